The minimum Gasteiger partial charge on any atom is -0.493 e. The van der Waals surface area contributed by atoms with Gasteiger partial charge in [0.05, 0.1) is 12.3 Å². The molecule has 0 saturated heterocycles. The number of aromatic nitrogens is 1. The molecule has 1 aromatic heterocycles. The molecule has 0 spiro atoms. The largest absolute Gasteiger partial charge is 0.493 e. The minimum absolute atomic E-state index is 0.0519. The molecule has 2 aromatic rings. The quantitative estimate of drug-likeness (QED) is 0.838. The van der Waals surface area contributed by atoms with Gasteiger partial charge >= 0.3 is 0 Å². The van der Waals surface area contributed by atoms with E-state index >= 15 is 0 Å². The molecular weight excluding hydrogens is 288 g/mol. The Morgan fingerprint density at radius 3 is 2.43 bits per heavy atom. The summed E-state index contributed by atoms with van der Waals surface area (Å²) < 4.78 is 7.55. The van der Waals surface area contributed by atoms with Crippen molar-refractivity contribution in [2.24, 2.45) is 5.92 Å². The number of benzene rings is 1. The average molecular weight is 310 g/mol. The van der Waals surface area contributed by atoms with Gasteiger partial charge in [0.2, 0.25) is 0 Å². The van der Waals surface area contributed by atoms with Crippen molar-refractivity contribution < 1.29 is 4.74 Å². The molecule has 1 heterocycles. The zero-order valence-corrected chi connectivity index (χ0v) is 14.0. The van der Waals surface area contributed by atoms with Crippen LogP contribution in [0.25, 0.3) is 11.3 Å². The number of hydrogen-bond acceptors (Lipinski definition) is 3. The second-order valence-corrected chi connectivity index (χ2v) is 6.21. The number of ether oxygens (including phenoxy) is 1. The van der Waals surface area contributed by atoms with Crippen molar-refractivity contribution >= 4 is 0 Å². The van der Waals surface area contributed by atoms with Gasteiger partial charge in [0.1, 0.15) is 17.4 Å². The summed E-state index contributed by atoms with van der Waals surface area (Å²) in [7, 11) is 0. The summed E-state index contributed by atoms with van der Waals surface area (Å²) in [5, 5.41) is 9.10. The van der Waals surface area contributed by atoms with Crippen LogP contribution in [0.2, 0.25) is 0 Å². The highest BCUT2D eigenvalue weighted by molar-refractivity contribution is 5.68. The molecule has 0 aliphatic rings. The van der Waals surface area contributed by atoms with Crippen LogP contribution in [-0.4, -0.2) is 11.2 Å². The third-order valence-electron chi connectivity index (χ3n) is 3.49. The highest BCUT2D eigenvalue weighted by atomic mass is 16.5. The van der Waals surface area contributed by atoms with Gasteiger partial charge < -0.3 is 9.30 Å². The van der Waals surface area contributed by atoms with Crippen molar-refractivity contribution in [3.8, 4) is 23.1 Å². The minimum atomic E-state index is -0.265. The van der Waals surface area contributed by atoms with Crippen LogP contribution in [0.15, 0.2) is 41.2 Å². The summed E-state index contributed by atoms with van der Waals surface area (Å²) in [6.45, 7) is 8.66. The van der Waals surface area contributed by atoms with E-state index in [2.05, 4.69) is 13.8 Å². The topological polar surface area (TPSA) is 55.0 Å². The Balaban J connectivity index is 2.62. The fourth-order valence-electron chi connectivity index (χ4n) is 2.43. The van der Waals surface area contributed by atoms with Gasteiger partial charge in [-0.15, -0.1) is 0 Å². The van der Waals surface area contributed by atoms with Crippen LogP contribution in [-0.2, 0) is 0 Å². The monoisotopic (exact) mass is 310 g/mol. The van der Waals surface area contributed by atoms with Gasteiger partial charge in [0.15, 0.2) is 0 Å². The Kier molecular flexibility index (Phi) is 5.23. The van der Waals surface area contributed by atoms with Crippen molar-refractivity contribution in [3.05, 3.63) is 52.3 Å². The van der Waals surface area contributed by atoms with Crippen molar-refractivity contribution in [3.63, 3.8) is 0 Å². The number of para-hydroxylation sites is 1. The van der Waals surface area contributed by atoms with E-state index in [0.29, 0.717) is 12.5 Å². The van der Waals surface area contributed by atoms with Crippen molar-refractivity contribution in [2.75, 3.05) is 6.61 Å². The molecule has 0 amide bonds. The predicted octanol–water partition coefficient (Wildman–Crippen LogP) is 4.00. The first-order valence-corrected chi connectivity index (χ1v) is 7.83. The Hall–Kier alpha value is -2.54. The van der Waals surface area contributed by atoms with Crippen LogP contribution >= 0.6 is 0 Å². The predicted molar refractivity (Wildman–Crippen MR) is 91.6 cm³/mol. The van der Waals surface area contributed by atoms with E-state index in [9.17, 15) is 4.79 Å². The van der Waals surface area contributed by atoms with E-state index in [1.165, 1.54) is 0 Å². The standard InChI is InChI=1S/C19H22N2O2/c1-13(2)12-23-18-8-6-5-7-16(18)17-10-9-15(11-20)19(22)21(17)14(3)4/h5-10,13-14H,12H2,1-4H3. The Bertz CT molecular complexity index is 783. The summed E-state index contributed by atoms with van der Waals surface area (Å²) in [4.78, 5) is 12.5. The average Bonchev–Trinajstić information content (AvgIpc) is 2.52. The normalized spacial score (nSPS) is 10.8. The van der Waals surface area contributed by atoms with Crippen LogP contribution < -0.4 is 10.3 Å². The maximum Gasteiger partial charge on any atom is 0.269 e. The Labute approximate surface area is 137 Å². The van der Waals surface area contributed by atoms with E-state index in [1.807, 2.05) is 50.2 Å². The third-order valence-corrected chi connectivity index (χ3v) is 3.49. The molecular formula is C19H22N2O2. The SMILES string of the molecule is CC(C)COc1ccccc1-c1ccc(C#N)c(=O)n1C(C)C. The summed E-state index contributed by atoms with van der Waals surface area (Å²) in [5.74, 6) is 1.16. The lowest BCUT2D eigenvalue weighted by molar-refractivity contribution is 0.272. The molecule has 120 valence electrons. The molecule has 0 aliphatic heterocycles. The lowest BCUT2D eigenvalue weighted by Crippen LogP contribution is -2.25. The molecule has 0 fully saturated rings. The van der Waals surface area contributed by atoms with Crippen LogP contribution in [0.1, 0.15) is 39.3 Å². The zero-order valence-electron chi connectivity index (χ0n) is 14.0. The Morgan fingerprint density at radius 2 is 1.83 bits per heavy atom. The van der Waals surface area contributed by atoms with Crippen LogP contribution in [0.5, 0.6) is 5.75 Å². The first-order chi connectivity index (χ1) is 11.0. The van der Waals surface area contributed by atoms with E-state index in [-0.39, 0.29) is 17.2 Å². The molecule has 2 rings (SSSR count). The van der Waals surface area contributed by atoms with E-state index in [0.717, 1.165) is 17.0 Å². The molecule has 0 unspecified atom stereocenters. The fourth-order valence-corrected chi connectivity index (χ4v) is 2.43. The summed E-state index contributed by atoms with van der Waals surface area (Å²) in [5.41, 5.74) is 1.52. The highest BCUT2D eigenvalue weighted by Crippen LogP contribution is 2.31. The smallest absolute Gasteiger partial charge is 0.269 e. The van der Waals surface area contributed by atoms with Crippen molar-refractivity contribution in [2.45, 2.75) is 33.7 Å². The third kappa shape index (κ3) is 3.62. The summed E-state index contributed by atoms with van der Waals surface area (Å²) in [6, 6.07) is 13.0. The number of nitriles is 1. The van der Waals surface area contributed by atoms with Crippen LogP contribution in [0, 0.1) is 17.2 Å². The van der Waals surface area contributed by atoms with E-state index in [4.69, 9.17) is 10.00 Å². The molecule has 4 nitrogen and oxygen atoms in total. The first kappa shape index (κ1) is 16.8. The molecule has 23 heavy (non-hydrogen) atoms. The highest BCUT2D eigenvalue weighted by Gasteiger charge is 2.16. The van der Waals surface area contributed by atoms with Gasteiger partial charge in [-0.1, -0.05) is 26.0 Å². The number of nitrogens with zero attached hydrogens (tertiary/aromatic N) is 2. The molecule has 0 N–H and O–H groups in total. The number of hydrogen-bond donors (Lipinski definition) is 0. The molecule has 0 atom stereocenters. The van der Waals surface area contributed by atoms with Crippen LogP contribution in [0.4, 0.5) is 0 Å². The molecule has 0 aliphatic carbocycles. The van der Waals surface area contributed by atoms with Gasteiger partial charge in [-0.3, -0.25) is 4.79 Å². The Morgan fingerprint density at radius 1 is 1.13 bits per heavy atom. The maximum atomic E-state index is 12.5. The lowest BCUT2D eigenvalue weighted by atomic mass is 10.1. The fraction of sp³-hybridized carbons (Fsp3) is 0.368. The molecule has 0 saturated carbocycles. The van der Waals surface area contributed by atoms with E-state index < -0.39 is 0 Å². The van der Waals surface area contributed by atoms with Crippen LogP contribution in [0.3, 0.4) is 0 Å². The van der Waals surface area contributed by atoms with E-state index in [1.54, 1.807) is 10.6 Å². The van der Waals surface area contributed by atoms with Gasteiger partial charge in [-0.05, 0) is 44.0 Å². The second kappa shape index (κ2) is 7.15. The van der Waals surface area contributed by atoms with Gasteiger partial charge in [-0.2, -0.15) is 5.26 Å². The van der Waals surface area contributed by atoms with Gasteiger partial charge in [0.25, 0.3) is 5.56 Å². The van der Waals surface area contributed by atoms with Crippen molar-refractivity contribution in [1.29, 1.82) is 5.26 Å². The van der Waals surface area contributed by atoms with Gasteiger partial charge in [-0.25, -0.2) is 0 Å². The first-order valence-electron chi connectivity index (χ1n) is 7.83. The zero-order chi connectivity index (χ0) is 17.0. The molecule has 4 heteroatoms. The lowest BCUT2D eigenvalue weighted by Gasteiger charge is -2.19. The molecule has 1 aromatic carbocycles. The molecule has 0 radical (unpaired) electrons. The maximum absolute atomic E-state index is 12.5. The van der Waals surface area contributed by atoms with Crippen molar-refractivity contribution in [1.82, 2.24) is 4.57 Å². The summed E-state index contributed by atoms with van der Waals surface area (Å²) in [6.07, 6.45) is 0. The number of pyridine rings is 1. The second-order valence-electron chi connectivity index (χ2n) is 6.21. The summed E-state index contributed by atoms with van der Waals surface area (Å²) >= 11 is 0. The molecule has 0 bridgehead atoms. The van der Waals surface area contributed by atoms with Gasteiger partial charge in [0, 0.05) is 11.6 Å². The number of rotatable bonds is 5.